The summed E-state index contributed by atoms with van der Waals surface area (Å²) in [5.41, 5.74) is 5.35. The van der Waals surface area contributed by atoms with Crippen LogP contribution in [0, 0.1) is 5.92 Å². The molecule has 0 spiro atoms. The van der Waals surface area contributed by atoms with Gasteiger partial charge in [-0.15, -0.1) is 0 Å². The third-order valence-corrected chi connectivity index (χ3v) is 2.00. The molecule has 0 bridgehead atoms. The van der Waals surface area contributed by atoms with Crippen LogP contribution in [0.2, 0.25) is 0 Å². The van der Waals surface area contributed by atoms with Gasteiger partial charge in [0.25, 0.3) is 0 Å². The minimum absolute atomic E-state index is 0.000602. The molecular formula is C9H15NO2. The van der Waals surface area contributed by atoms with E-state index in [1.54, 1.807) is 0 Å². The second kappa shape index (κ2) is 4.26. The lowest BCUT2D eigenvalue weighted by molar-refractivity contribution is -0.121. The molecule has 1 aliphatic heterocycles. The van der Waals surface area contributed by atoms with Crippen molar-refractivity contribution in [1.29, 1.82) is 0 Å². The van der Waals surface area contributed by atoms with Crippen molar-refractivity contribution in [1.82, 2.24) is 0 Å². The number of allylic oxidation sites excluding steroid dienone is 1. The molecule has 0 aromatic heterocycles. The van der Waals surface area contributed by atoms with Crippen molar-refractivity contribution >= 4 is 5.78 Å². The standard InChI is InChI=1S/C9H15NO2/c1-7(4-5-10)9(11)8-3-2-6-12-8/h3,7H,2,4-6,10H2,1H3. The van der Waals surface area contributed by atoms with Gasteiger partial charge in [-0.2, -0.15) is 0 Å². The quantitative estimate of drug-likeness (QED) is 0.678. The number of carbonyl (C=O) groups is 1. The molecule has 1 atom stereocenters. The number of ether oxygens (including phenoxy) is 1. The Labute approximate surface area is 72.6 Å². The second-order valence-corrected chi connectivity index (χ2v) is 3.05. The first-order valence-electron chi connectivity index (χ1n) is 4.33. The van der Waals surface area contributed by atoms with Crippen LogP contribution in [0.25, 0.3) is 0 Å². The first-order valence-corrected chi connectivity index (χ1v) is 4.33. The highest BCUT2D eigenvalue weighted by Crippen LogP contribution is 2.16. The van der Waals surface area contributed by atoms with E-state index in [2.05, 4.69) is 0 Å². The Morgan fingerprint density at radius 3 is 3.08 bits per heavy atom. The fourth-order valence-corrected chi connectivity index (χ4v) is 1.21. The molecule has 0 aromatic carbocycles. The van der Waals surface area contributed by atoms with E-state index >= 15 is 0 Å². The lowest BCUT2D eigenvalue weighted by atomic mass is 10.0. The fraction of sp³-hybridized carbons (Fsp3) is 0.667. The summed E-state index contributed by atoms with van der Waals surface area (Å²) in [6, 6.07) is 0. The zero-order valence-corrected chi connectivity index (χ0v) is 7.38. The summed E-state index contributed by atoms with van der Waals surface area (Å²) in [7, 11) is 0. The van der Waals surface area contributed by atoms with Crippen LogP contribution in [0.4, 0.5) is 0 Å². The van der Waals surface area contributed by atoms with Crippen molar-refractivity contribution < 1.29 is 9.53 Å². The van der Waals surface area contributed by atoms with E-state index in [0.717, 1.165) is 12.8 Å². The Morgan fingerprint density at radius 2 is 2.58 bits per heavy atom. The van der Waals surface area contributed by atoms with E-state index in [9.17, 15) is 4.79 Å². The number of ketones is 1. The highest BCUT2D eigenvalue weighted by Gasteiger charge is 2.20. The van der Waals surface area contributed by atoms with Gasteiger partial charge in [-0.1, -0.05) is 6.92 Å². The Kier molecular flexibility index (Phi) is 3.29. The molecular weight excluding hydrogens is 154 g/mol. The van der Waals surface area contributed by atoms with Gasteiger partial charge < -0.3 is 10.5 Å². The van der Waals surface area contributed by atoms with Crippen molar-refractivity contribution in [3.63, 3.8) is 0 Å². The Morgan fingerprint density at radius 1 is 1.83 bits per heavy atom. The smallest absolute Gasteiger partial charge is 0.199 e. The van der Waals surface area contributed by atoms with Crippen LogP contribution in [0.15, 0.2) is 11.8 Å². The summed E-state index contributed by atoms with van der Waals surface area (Å²) in [6.07, 6.45) is 3.45. The molecule has 0 fully saturated rings. The van der Waals surface area contributed by atoms with E-state index in [4.69, 9.17) is 10.5 Å². The maximum atomic E-state index is 11.5. The number of carbonyl (C=O) groups excluding carboxylic acids is 1. The van der Waals surface area contributed by atoms with Gasteiger partial charge in [0.1, 0.15) is 0 Å². The maximum Gasteiger partial charge on any atom is 0.199 e. The number of rotatable bonds is 4. The van der Waals surface area contributed by atoms with Crippen LogP contribution >= 0.6 is 0 Å². The van der Waals surface area contributed by atoms with Crippen LogP contribution in [0.5, 0.6) is 0 Å². The summed E-state index contributed by atoms with van der Waals surface area (Å²) in [5.74, 6) is 0.633. The van der Waals surface area contributed by atoms with E-state index in [-0.39, 0.29) is 11.7 Å². The van der Waals surface area contributed by atoms with E-state index in [1.807, 2.05) is 13.0 Å². The van der Waals surface area contributed by atoms with Gasteiger partial charge in [-0.25, -0.2) is 0 Å². The molecule has 1 unspecified atom stereocenters. The molecule has 0 radical (unpaired) electrons. The average molecular weight is 169 g/mol. The zero-order chi connectivity index (χ0) is 8.97. The molecule has 0 saturated carbocycles. The molecule has 0 amide bonds. The lowest BCUT2D eigenvalue weighted by Crippen LogP contribution is -2.17. The lowest BCUT2D eigenvalue weighted by Gasteiger charge is -2.08. The topological polar surface area (TPSA) is 52.3 Å². The van der Waals surface area contributed by atoms with Crippen LogP contribution in [-0.2, 0) is 9.53 Å². The summed E-state index contributed by atoms with van der Waals surface area (Å²) in [4.78, 5) is 11.5. The third-order valence-electron chi connectivity index (χ3n) is 2.00. The molecule has 0 saturated heterocycles. The first-order chi connectivity index (χ1) is 5.75. The largest absolute Gasteiger partial charge is 0.490 e. The SMILES string of the molecule is CC(CCN)C(=O)C1=CCCO1. The zero-order valence-electron chi connectivity index (χ0n) is 7.38. The highest BCUT2D eigenvalue weighted by atomic mass is 16.5. The van der Waals surface area contributed by atoms with Gasteiger partial charge in [0.2, 0.25) is 0 Å². The minimum Gasteiger partial charge on any atom is -0.490 e. The molecule has 1 aliphatic rings. The molecule has 1 rings (SSSR count). The average Bonchev–Trinajstić information content (AvgIpc) is 2.55. The first kappa shape index (κ1) is 9.26. The Bertz CT molecular complexity index is 199. The molecule has 2 N–H and O–H groups in total. The van der Waals surface area contributed by atoms with Crippen molar-refractivity contribution in [3.05, 3.63) is 11.8 Å². The molecule has 3 nitrogen and oxygen atoms in total. The predicted molar refractivity (Wildman–Crippen MR) is 46.5 cm³/mol. The van der Waals surface area contributed by atoms with Crippen molar-refractivity contribution in [2.45, 2.75) is 19.8 Å². The van der Waals surface area contributed by atoms with Crippen molar-refractivity contribution in [2.75, 3.05) is 13.2 Å². The molecule has 1 heterocycles. The van der Waals surface area contributed by atoms with Gasteiger partial charge in [0.15, 0.2) is 11.5 Å². The number of hydrogen-bond acceptors (Lipinski definition) is 3. The normalized spacial score (nSPS) is 18.3. The summed E-state index contributed by atoms with van der Waals surface area (Å²) in [5, 5.41) is 0. The minimum atomic E-state index is -0.000602. The third kappa shape index (κ3) is 2.08. The van der Waals surface area contributed by atoms with Gasteiger partial charge in [-0.3, -0.25) is 4.79 Å². The summed E-state index contributed by atoms with van der Waals surface area (Å²) >= 11 is 0. The van der Waals surface area contributed by atoms with E-state index < -0.39 is 0 Å². The van der Waals surface area contributed by atoms with Crippen molar-refractivity contribution in [3.8, 4) is 0 Å². The predicted octanol–water partition coefficient (Wildman–Crippen LogP) is 0.845. The van der Waals surface area contributed by atoms with Crippen LogP contribution in [-0.4, -0.2) is 18.9 Å². The van der Waals surface area contributed by atoms with Gasteiger partial charge in [0.05, 0.1) is 6.61 Å². The number of Topliss-reactive ketones (excluding diaryl/α,β-unsaturated/α-hetero) is 1. The molecule has 68 valence electrons. The Balaban J connectivity index is 2.45. The van der Waals surface area contributed by atoms with Gasteiger partial charge >= 0.3 is 0 Å². The molecule has 0 aromatic rings. The molecule has 12 heavy (non-hydrogen) atoms. The van der Waals surface area contributed by atoms with Crippen LogP contribution < -0.4 is 5.73 Å². The van der Waals surface area contributed by atoms with Crippen molar-refractivity contribution in [2.24, 2.45) is 11.7 Å². The number of hydrogen-bond donors (Lipinski definition) is 1. The Hall–Kier alpha value is -0.830. The summed E-state index contributed by atoms with van der Waals surface area (Å²) < 4.78 is 5.15. The van der Waals surface area contributed by atoms with E-state index in [0.29, 0.717) is 18.9 Å². The second-order valence-electron chi connectivity index (χ2n) is 3.05. The molecule has 3 heteroatoms. The maximum absolute atomic E-state index is 11.5. The monoisotopic (exact) mass is 169 g/mol. The van der Waals surface area contributed by atoms with Gasteiger partial charge in [-0.05, 0) is 19.0 Å². The summed E-state index contributed by atoms with van der Waals surface area (Å²) in [6.45, 7) is 3.09. The van der Waals surface area contributed by atoms with E-state index in [1.165, 1.54) is 0 Å². The highest BCUT2D eigenvalue weighted by molar-refractivity contribution is 5.95. The fourth-order valence-electron chi connectivity index (χ4n) is 1.21. The van der Waals surface area contributed by atoms with Gasteiger partial charge in [0, 0.05) is 12.3 Å². The van der Waals surface area contributed by atoms with Crippen LogP contribution in [0.3, 0.4) is 0 Å². The number of nitrogens with two attached hydrogens (primary N) is 1. The van der Waals surface area contributed by atoms with Crippen LogP contribution in [0.1, 0.15) is 19.8 Å². The molecule has 0 aliphatic carbocycles.